The highest BCUT2D eigenvalue weighted by atomic mass is 16.6. The summed E-state index contributed by atoms with van der Waals surface area (Å²) in [6, 6.07) is 8.34. The molecule has 6 heteroatoms. The summed E-state index contributed by atoms with van der Waals surface area (Å²) in [6.07, 6.45) is -0.527. The Kier molecular flexibility index (Phi) is 7.89. The second-order valence-corrected chi connectivity index (χ2v) is 11.6. The predicted octanol–water partition coefficient (Wildman–Crippen LogP) is 6.60. The van der Waals surface area contributed by atoms with Gasteiger partial charge in [0.15, 0.2) is 6.10 Å². The van der Waals surface area contributed by atoms with E-state index in [-0.39, 0.29) is 6.09 Å². The van der Waals surface area contributed by atoms with Crippen molar-refractivity contribution in [2.24, 2.45) is 0 Å². The van der Waals surface area contributed by atoms with E-state index in [4.69, 9.17) is 14.2 Å². The van der Waals surface area contributed by atoms with Gasteiger partial charge in [0, 0.05) is 18.7 Å². The van der Waals surface area contributed by atoms with Gasteiger partial charge in [-0.25, -0.2) is 9.59 Å². The van der Waals surface area contributed by atoms with Crippen LogP contribution in [0.25, 0.3) is 11.1 Å². The minimum absolute atomic E-state index is 0.329. The topological polar surface area (TPSA) is 65.1 Å². The first-order valence-electron chi connectivity index (χ1n) is 12.6. The minimum atomic E-state index is -0.910. The Bertz CT molecular complexity index is 1140. The van der Waals surface area contributed by atoms with Crippen LogP contribution in [-0.4, -0.2) is 41.8 Å². The van der Waals surface area contributed by atoms with Crippen molar-refractivity contribution in [2.75, 3.05) is 13.7 Å². The van der Waals surface area contributed by atoms with Crippen LogP contribution in [0.4, 0.5) is 4.79 Å². The highest BCUT2D eigenvalue weighted by molar-refractivity contribution is 5.85. The van der Waals surface area contributed by atoms with Crippen molar-refractivity contribution in [1.82, 2.24) is 4.90 Å². The molecule has 36 heavy (non-hydrogen) atoms. The average Bonchev–Trinajstić information content (AvgIpc) is 2.78. The first-order valence-corrected chi connectivity index (χ1v) is 12.6. The molecule has 0 unspecified atom stereocenters. The number of fused-ring (bicyclic) bond motifs is 1. The van der Waals surface area contributed by atoms with Gasteiger partial charge in [0.2, 0.25) is 0 Å². The van der Waals surface area contributed by atoms with Gasteiger partial charge in [-0.3, -0.25) is 0 Å². The van der Waals surface area contributed by atoms with Gasteiger partial charge in [0.1, 0.15) is 5.60 Å². The lowest BCUT2D eigenvalue weighted by atomic mass is 9.80. The number of nitrogens with zero attached hydrogens (tertiary/aromatic N) is 1. The number of hydrogen-bond acceptors (Lipinski definition) is 5. The number of amides is 1. The number of benzene rings is 2. The molecule has 2 aromatic carbocycles. The summed E-state index contributed by atoms with van der Waals surface area (Å²) in [4.78, 5) is 27.8. The van der Waals surface area contributed by atoms with Gasteiger partial charge in [0.05, 0.1) is 12.7 Å². The second-order valence-electron chi connectivity index (χ2n) is 11.6. The van der Waals surface area contributed by atoms with Crippen molar-refractivity contribution in [3.63, 3.8) is 0 Å². The van der Waals surface area contributed by atoms with E-state index in [0.29, 0.717) is 19.5 Å². The van der Waals surface area contributed by atoms with Crippen molar-refractivity contribution in [1.29, 1.82) is 0 Å². The molecule has 6 nitrogen and oxygen atoms in total. The molecule has 1 atom stereocenters. The van der Waals surface area contributed by atoms with E-state index in [0.717, 1.165) is 38.9 Å². The molecule has 0 N–H and O–H groups in total. The molecule has 0 spiro atoms. The third-order valence-electron chi connectivity index (χ3n) is 6.44. The Balaban J connectivity index is 2.25. The fraction of sp³-hybridized carbons (Fsp3) is 0.533. The highest BCUT2D eigenvalue weighted by Gasteiger charge is 2.36. The van der Waals surface area contributed by atoms with Crippen LogP contribution in [0.3, 0.4) is 0 Å². The summed E-state index contributed by atoms with van der Waals surface area (Å²) in [5.41, 5.74) is 7.13. The minimum Gasteiger partial charge on any atom is -0.467 e. The largest absolute Gasteiger partial charge is 0.467 e. The molecule has 196 valence electrons. The number of hydrogen-bond donors (Lipinski definition) is 0. The molecule has 0 aliphatic carbocycles. The monoisotopic (exact) mass is 495 g/mol. The Labute approximate surface area is 215 Å². The lowest BCUT2D eigenvalue weighted by Gasteiger charge is -2.36. The van der Waals surface area contributed by atoms with Crippen LogP contribution in [-0.2, 0) is 32.0 Å². The molecule has 0 bridgehead atoms. The molecule has 1 aliphatic heterocycles. The standard InChI is InChI=1S/C30H41NO5/c1-18-11-13-21(14-12-18)24-19(2)22-15-16-31(28(33)36-30(7,8)9)17-23(22)20(3)25(24)26(27(32)34-10)35-29(4,5)6/h11-14,26H,15-17H2,1-10H3/t26-/m0/s1. The fourth-order valence-electron chi connectivity index (χ4n) is 4.81. The Morgan fingerprint density at radius 3 is 2.03 bits per heavy atom. The average molecular weight is 496 g/mol. The molecule has 1 heterocycles. The Morgan fingerprint density at radius 1 is 0.889 bits per heavy atom. The number of aryl methyl sites for hydroxylation is 1. The van der Waals surface area contributed by atoms with E-state index in [2.05, 4.69) is 38.1 Å². The van der Waals surface area contributed by atoms with Crippen molar-refractivity contribution in [2.45, 2.75) is 92.6 Å². The first-order chi connectivity index (χ1) is 16.6. The van der Waals surface area contributed by atoms with Gasteiger partial charge >= 0.3 is 12.1 Å². The van der Waals surface area contributed by atoms with Gasteiger partial charge in [0.25, 0.3) is 0 Å². The van der Waals surface area contributed by atoms with Crippen LogP contribution in [0.5, 0.6) is 0 Å². The third-order valence-corrected chi connectivity index (χ3v) is 6.44. The summed E-state index contributed by atoms with van der Waals surface area (Å²) >= 11 is 0. The normalized spacial score (nSPS) is 14.8. The molecule has 0 aromatic heterocycles. The molecule has 0 fully saturated rings. The SMILES string of the molecule is COC(=O)[C@@H](OC(C)(C)C)c1c(C)c2c(c(C)c1-c1ccc(C)cc1)CCN(C(=O)OC(C)(C)C)C2. The molecular weight excluding hydrogens is 454 g/mol. The fourth-order valence-corrected chi connectivity index (χ4v) is 4.81. The number of esters is 1. The third kappa shape index (κ3) is 6.09. The van der Waals surface area contributed by atoms with Crippen molar-refractivity contribution < 1.29 is 23.8 Å². The van der Waals surface area contributed by atoms with Gasteiger partial charge in [-0.15, -0.1) is 0 Å². The maximum absolute atomic E-state index is 13.2. The molecule has 2 aromatic rings. The number of rotatable bonds is 4. The quantitative estimate of drug-likeness (QED) is 0.447. The van der Waals surface area contributed by atoms with Gasteiger partial charge in [-0.1, -0.05) is 29.8 Å². The van der Waals surface area contributed by atoms with Gasteiger partial charge < -0.3 is 19.1 Å². The molecule has 1 aliphatic rings. The molecule has 3 rings (SSSR count). The van der Waals surface area contributed by atoms with Crippen LogP contribution in [0.1, 0.15) is 81.0 Å². The first kappa shape index (κ1) is 27.7. The smallest absolute Gasteiger partial charge is 0.410 e. The van der Waals surface area contributed by atoms with E-state index in [1.807, 2.05) is 48.5 Å². The summed E-state index contributed by atoms with van der Waals surface area (Å²) in [6.45, 7) is 18.6. The summed E-state index contributed by atoms with van der Waals surface area (Å²) in [5.74, 6) is -0.444. The number of ether oxygens (including phenoxy) is 3. The predicted molar refractivity (Wildman–Crippen MR) is 142 cm³/mol. The van der Waals surface area contributed by atoms with Crippen LogP contribution in [0, 0.1) is 20.8 Å². The van der Waals surface area contributed by atoms with E-state index in [9.17, 15) is 9.59 Å². The van der Waals surface area contributed by atoms with Crippen molar-refractivity contribution in [3.8, 4) is 11.1 Å². The maximum Gasteiger partial charge on any atom is 0.410 e. The summed E-state index contributed by atoms with van der Waals surface area (Å²) in [7, 11) is 1.39. The molecule has 0 radical (unpaired) electrons. The van der Waals surface area contributed by atoms with Crippen molar-refractivity contribution >= 4 is 12.1 Å². The highest BCUT2D eigenvalue weighted by Crippen LogP contribution is 2.43. The van der Waals surface area contributed by atoms with E-state index < -0.39 is 23.3 Å². The zero-order chi connectivity index (χ0) is 27.0. The second kappa shape index (κ2) is 10.3. The molecule has 0 saturated carbocycles. The van der Waals surface area contributed by atoms with Crippen LogP contribution < -0.4 is 0 Å². The molecular formula is C30H41NO5. The Hall–Kier alpha value is -2.86. The van der Waals surface area contributed by atoms with E-state index in [1.54, 1.807) is 4.90 Å². The zero-order valence-electron chi connectivity index (χ0n) is 23.5. The van der Waals surface area contributed by atoms with E-state index in [1.165, 1.54) is 12.7 Å². The summed E-state index contributed by atoms with van der Waals surface area (Å²) in [5, 5.41) is 0. The lowest BCUT2D eigenvalue weighted by Crippen LogP contribution is -2.40. The van der Waals surface area contributed by atoms with Crippen LogP contribution in [0.15, 0.2) is 24.3 Å². The van der Waals surface area contributed by atoms with Crippen LogP contribution in [0.2, 0.25) is 0 Å². The summed E-state index contributed by atoms with van der Waals surface area (Å²) < 4.78 is 17.2. The van der Waals surface area contributed by atoms with E-state index >= 15 is 0 Å². The zero-order valence-corrected chi connectivity index (χ0v) is 23.5. The van der Waals surface area contributed by atoms with Gasteiger partial charge in [-0.05, 0) is 102 Å². The van der Waals surface area contributed by atoms with Crippen LogP contribution >= 0.6 is 0 Å². The number of carbonyl (C=O) groups excluding carboxylic acids is 2. The lowest BCUT2D eigenvalue weighted by molar-refractivity contribution is -0.164. The molecule has 1 amide bonds. The maximum atomic E-state index is 13.2. The number of carbonyl (C=O) groups is 2. The van der Waals surface area contributed by atoms with Crippen molar-refractivity contribution in [3.05, 3.63) is 57.6 Å². The molecule has 0 saturated heterocycles. The van der Waals surface area contributed by atoms with Gasteiger partial charge in [-0.2, -0.15) is 0 Å². The Morgan fingerprint density at radius 2 is 1.50 bits per heavy atom. The number of methoxy groups -OCH3 is 1.